The van der Waals surface area contributed by atoms with E-state index < -0.39 is 17.6 Å². The minimum Gasteiger partial charge on any atom is -0.305 e. The Kier molecular flexibility index (Phi) is 4.74. The van der Waals surface area contributed by atoms with E-state index in [0.29, 0.717) is 6.42 Å². The third-order valence-electron chi connectivity index (χ3n) is 3.96. The molecule has 2 rings (SSSR count). The zero-order chi connectivity index (χ0) is 14.8. The number of alkyl halides is 3. The molecule has 0 aromatic carbocycles. The first-order chi connectivity index (χ1) is 9.37. The Hall–Kier alpha value is -0.620. The molecule has 1 aromatic heterocycles. The summed E-state index contributed by atoms with van der Waals surface area (Å²) in [7, 11) is 0. The van der Waals surface area contributed by atoms with Gasteiger partial charge in [-0.2, -0.15) is 13.2 Å². The molecule has 1 aliphatic carbocycles. The summed E-state index contributed by atoms with van der Waals surface area (Å²) in [6.07, 6.45) is -1.51. The Morgan fingerprint density at radius 2 is 2.25 bits per heavy atom. The van der Waals surface area contributed by atoms with Crippen molar-refractivity contribution in [2.75, 3.05) is 6.54 Å². The van der Waals surface area contributed by atoms with Crippen molar-refractivity contribution in [2.24, 2.45) is 5.92 Å². The van der Waals surface area contributed by atoms with Crippen LogP contribution >= 0.6 is 11.3 Å². The van der Waals surface area contributed by atoms with Crippen molar-refractivity contribution in [3.63, 3.8) is 0 Å². The molecule has 0 radical (unpaired) electrons. The van der Waals surface area contributed by atoms with Gasteiger partial charge in [0.05, 0.1) is 11.5 Å². The molecule has 1 heterocycles. The highest BCUT2D eigenvalue weighted by molar-refractivity contribution is 7.09. The van der Waals surface area contributed by atoms with Crippen LogP contribution in [0.25, 0.3) is 0 Å². The number of halogens is 3. The summed E-state index contributed by atoms with van der Waals surface area (Å²) in [5, 5.41) is 6.10. The maximum atomic E-state index is 13.1. The van der Waals surface area contributed by atoms with Crippen LogP contribution in [-0.4, -0.2) is 17.7 Å². The molecule has 2 nitrogen and oxygen atoms in total. The van der Waals surface area contributed by atoms with Gasteiger partial charge in [0.2, 0.25) is 0 Å². The number of hydrogen-bond donors (Lipinski definition) is 1. The van der Waals surface area contributed by atoms with Gasteiger partial charge in [-0.25, -0.2) is 4.98 Å². The molecule has 2 unspecified atom stereocenters. The summed E-state index contributed by atoms with van der Waals surface area (Å²) >= 11 is 1.48. The number of rotatable bonds is 4. The molecule has 1 N–H and O–H groups in total. The van der Waals surface area contributed by atoms with Crippen LogP contribution in [0.2, 0.25) is 0 Å². The fraction of sp³-hybridized carbons (Fsp3) is 0.786. The third kappa shape index (κ3) is 3.34. The predicted octanol–water partition coefficient (Wildman–Crippen LogP) is 4.40. The van der Waals surface area contributed by atoms with E-state index in [1.165, 1.54) is 11.3 Å². The Balaban J connectivity index is 2.27. The molecule has 0 saturated heterocycles. The van der Waals surface area contributed by atoms with Crippen LogP contribution in [0.3, 0.4) is 0 Å². The molecule has 1 saturated carbocycles. The molecule has 0 aliphatic heterocycles. The van der Waals surface area contributed by atoms with Crippen molar-refractivity contribution in [2.45, 2.75) is 57.7 Å². The highest BCUT2D eigenvalue weighted by Crippen LogP contribution is 2.46. The zero-order valence-corrected chi connectivity index (χ0v) is 12.7. The fourth-order valence-electron chi connectivity index (χ4n) is 2.92. The predicted molar refractivity (Wildman–Crippen MR) is 74.8 cm³/mol. The van der Waals surface area contributed by atoms with Gasteiger partial charge in [0.25, 0.3) is 0 Å². The van der Waals surface area contributed by atoms with E-state index in [1.54, 1.807) is 0 Å². The molecule has 0 bridgehead atoms. The highest BCUT2D eigenvalue weighted by atomic mass is 32.1. The van der Waals surface area contributed by atoms with Crippen LogP contribution < -0.4 is 5.32 Å². The molecule has 1 aromatic rings. The first-order valence-corrected chi connectivity index (χ1v) is 8.00. The van der Waals surface area contributed by atoms with Crippen LogP contribution in [0, 0.1) is 12.8 Å². The summed E-state index contributed by atoms with van der Waals surface area (Å²) in [6, 6.07) is 0. The molecule has 20 heavy (non-hydrogen) atoms. The van der Waals surface area contributed by atoms with Crippen LogP contribution in [-0.2, 0) is 5.54 Å². The largest absolute Gasteiger partial charge is 0.391 e. The first-order valence-electron chi connectivity index (χ1n) is 7.12. The summed E-state index contributed by atoms with van der Waals surface area (Å²) in [5.74, 6) is -1.22. The quantitative estimate of drug-likeness (QED) is 0.892. The van der Waals surface area contributed by atoms with Crippen molar-refractivity contribution < 1.29 is 13.2 Å². The Bertz CT molecular complexity index is 444. The van der Waals surface area contributed by atoms with Crippen molar-refractivity contribution >= 4 is 11.3 Å². The van der Waals surface area contributed by atoms with Gasteiger partial charge in [0.15, 0.2) is 0 Å². The second-order valence-corrected chi connectivity index (χ2v) is 6.50. The molecule has 1 fully saturated rings. The van der Waals surface area contributed by atoms with E-state index in [1.807, 2.05) is 19.2 Å². The second kappa shape index (κ2) is 6.02. The maximum Gasteiger partial charge on any atom is 0.391 e. The SMILES string of the molecule is CCCNC1(c2nc(C)cs2)CCCC(C(F)(F)F)C1. The summed E-state index contributed by atoms with van der Waals surface area (Å²) in [6.45, 7) is 4.64. The van der Waals surface area contributed by atoms with E-state index in [2.05, 4.69) is 10.3 Å². The van der Waals surface area contributed by atoms with Crippen molar-refractivity contribution in [1.82, 2.24) is 10.3 Å². The van der Waals surface area contributed by atoms with E-state index in [-0.39, 0.29) is 12.8 Å². The Morgan fingerprint density at radius 1 is 1.50 bits per heavy atom. The zero-order valence-electron chi connectivity index (χ0n) is 11.9. The van der Waals surface area contributed by atoms with Crippen molar-refractivity contribution in [3.8, 4) is 0 Å². The fourth-order valence-corrected chi connectivity index (χ4v) is 3.94. The molecule has 1 aliphatic rings. The lowest BCUT2D eigenvalue weighted by Crippen LogP contribution is -2.48. The van der Waals surface area contributed by atoms with Crippen LogP contribution in [0.5, 0.6) is 0 Å². The number of aryl methyl sites for hydroxylation is 1. The monoisotopic (exact) mass is 306 g/mol. The van der Waals surface area contributed by atoms with Crippen LogP contribution in [0.4, 0.5) is 13.2 Å². The standard InChI is InChI=1S/C14H21F3N2S/c1-3-7-18-13(12-19-10(2)9-20-12)6-4-5-11(8-13)14(15,16)17/h9,11,18H,3-8H2,1-2H3. The lowest BCUT2D eigenvalue weighted by molar-refractivity contribution is -0.189. The minimum absolute atomic E-state index is 0.115. The van der Waals surface area contributed by atoms with Gasteiger partial charge < -0.3 is 5.32 Å². The van der Waals surface area contributed by atoms with E-state index >= 15 is 0 Å². The Morgan fingerprint density at radius 3 is 2.80 bits per heavy atom. The number of aromatic nitrogens is 1. The number of nitrogens with one attached hydrogen (secondary N) is 1. The molecule has 6 heteroatoms. The van der Waals surface area contributed by atoms with Gasteiger partial charge >= 0.3 is 6.18 Å². The van der Waals surface area contributed by atoms with Crippen LogP contribution in [0.1, 0.15) is 49.7 Å². The van der Waals surface area contributed by atoms with Crippen molar-refractivity contribution in [3.05, 3.63) is 16.1 Å². The molecule has 0 spiro atoms. The summed E-state index contributed by atoms with van der Waals surface area (Å²) in [4.78, 5) is 4.46. The molecule has 2 atom stereocenters. The van der Waals surface area contributed by atoms with Gasteiger partial charge in [-0.1, -0.05) is 13.3 Å². The highest BCUT2D eigenvalue weighted by Gasteiger charge is 2.49. The van der Waals surface area contributed by atoms with Gasteiger partial charge in [-0.15, -0.1) is 11.3 Å². The number of thiazole rings is 1. The second-order valence-electron chi connectivity index (χ2n) is 5.64. The molecule has 0 amide bonds. The van der Waals surface area contributed by atoms with Crippen LogP contribution in [0.15, 0.2) is 5.38 Å². The van der Waals surface area contributed by atoms with Gasteiger partial charge in [-0.05, 0) is 39.2 Å². The smallest absolute Gasteiger partial charge is 0.305 e. The minimum atomic E-state index is -4.11. The van der Waals surface area contributed by atoms with E-state index in [4.69, 9.17) is 0 Å². The van der Waals surface area contributed by atoms with Gasteiger partial charge in [0.1, 0.15) is 5.01 Å². The molecule has 114 valence electrons. The number of nitrogens with zero attached hydrogens (tertiary/aromatic N) is 1. The average Bonchev–Trinajstić information content (AvgIpc) is 2.83. The topological polar surface area (TPSA) is 24.9 Å². The summed E-state index contributed by atoms with van der Waals surface area (Å²) in [5.41, 5.74) is 0.296. The number of hydrogen-bond acceptors (Lipinski definition) is 3. The van der Waals surface area contributed by atoms with E-state index in [9.17, 15) is 13.2 Å². The lowest BCUT2D eigenvalue weighted by atomic mass is 9.75. The molecular weight excluding hydrogens is 285 g/mol. The first kappa shape index (κ1) is 15.8. The maximum absolute atomic E-state index is 13.1. The van der Waals surface area contributed by atoms with Gasteiger partial charge in [-0.3, -0.25) is 0 Å². The average molecular weight is 306 g/mol. The van der Waals surface area contributed by atoms with Gasteiger partial charge in [0, 0.05) is 11.1 Å². The summed E-state index contributed by atoms with van der Waals surface area (Å²) < 4.78 is 39.2. The lowest BCUT2D eigenvalue weighted by Gasteiger charge is -2.41. The Labute approximate surface area is 121 Å². The van der Waals surface area contributed by atoms with E-state index in [0.717, 1.165) is 30.1 Å². The van der Waals surface area contributed by atoms with Crippen molar-refractivity contribution in [1.29, 1.82) is 0 Å². The molecular formula is C14H21F3N2S. The normalized spacial score (nSPS) is 27.8. The third-order valence-corrected chi connectivity index (χ3v) is 5.12.